The van der Waals surface area contributed by atoms with Crippen molar-refractivity contribution in [3.63, 3.8) is 0 Å². The lowest BCUT2D eigenvalue weighted by Crippen LogP contribution is -2.50. The molecule has 100 valence electrons. The van der Waals surface area contributed by atoms with Crippen LogP contribution in [0.5, 0.6) is 0 Å². The molecule has 0 aromatic heterocycles. The van der Waals surface area contributed by atoms with Gasteiger partial charge in [0.05, 0.1) is 5.75 Å². The lowest BCUT2D eigenvalue weighted by molar-refractivity contribution is 0.0537. The Labute approximate surface area is 103 Å². The number of sulfonamides is 1. The molecule has 2 fully saturated rings. The van der Waals surface area contributed by atoms with Gasteiger partial charge in [-0.3, -0.25) is 0 Å². The second-order valence-corrected chi connectivity index (χ2v) is 7.16. The van der Waals surface area contributed by atoms with E-state index in [9.17, 15) is 8.42 Å². The van der Waals surface area contributed by atoms with Crippen LogP contribution in [0.15, 0.2) is 0 Å². The van der Waals surface area contributed by atoms with Gasteiger partial charge in [-0.2, -0.15) is 0 Å². The first kappa shape index (κ1) is 13.3. The average molecular weight is 262 g/mol. The molecule has 0 radical (unpaired) electrons. The molecule has 1 heterocycles. The molecule has 2 aliphatic rings. The molecule has 0 amide bonds. The lowest BCUT2D eigenvalue weighted by atomic mass is 9.94. The minimum Gasteiger partial charge on any atom is -0.381 e. The van der Waals surface area contributed by atoms with Crippen LogP contribution in [-0.4, -0.2) is 45.5 Å². The predicted octanol–water partition coefficient (Wildman–Crippen LogP) is 0.227. The van der Waals surface area contributed by atoms with Crippen molar-refractivity contribution in [2.24, 2.45) is 0 Å². The molecule has 0 atom stereocenters. The smallest absolute Gasteiger partial charge is 0.213 e. The Hall–Kier alpha value is -0.170. The first-order valence-corrected chi connectivity index (χ1v) is 7.97. The van der Waals surface area contributed by atoms with Crippen LogP contribution in [0.25, 0.3) is 0 Å². The zero-order valence-corrected chi connectivity index (χ0v) is 11.2. The Kier molecular flexibility index (Phi) is 4.07. The zero-order valence-electron chi connectivity index (χ0n) is 10.4. The molecule has 2 rings (SSSR count). The second kappa shape index (κ2) is 5.22. The van der Waals surface area contributed by atoms with Crippen molar-refractivity contribution >= 4 is 10.0 Å². The summed E-state index contributed by atoms with van der Waals surface area (Å²) in [6.07, 6.45) is 3.87. The Morgan fingerprint density at radius 1 is 1.29 bits per heavy atom. The van der Waals surface area contributed by atoms with Gasteiger partial charge in [-0.15, -0.1) is 0 Å². The molecule has 5 nitrogen and oxygen atoms in total. The standard InChI is InChI=1S/C11H22N2O3S/c1-11(4-7-16-8-5-11)13-17(14,15)9-6-12-10-2-3-10/h10,12-13H,2-9H2,1H3. The van der Waals surface area contributed by atoms with Crippen LogP contribution in [0, 0.1) is 0 Å². The van der Waals surface area contributed by atoms with Crippen LogP contribution in [0.4, 0.5) is 0 Å². The second-order valence-electron chi connectivity index (χ2n) is 5.32. The van der Waals surface area contributed by atoms with Crippen LogP contribution in [0.3, 0.4) is 0 Å². The average Bonchev–Trinajstić information content (AvgIpc) is 3.00. The summed E-state index contributed by atoms with van der Waals surface area (Å²) < 4.78 is 31.9. The SMILES string of the molecule is CC1(NS(=O)(=O)CCNC2CC2)CCOCC1. The molecule has 1 aliphatic heterocycles. The van der Waals surface area contributed by atoms with E-state index in [1.54, 1.807) is 0 Å². The van der Waals surface area contributed by atoms with Gasteiger partial charge in [-0.1, -0.05) is 0 Å². The van der Waals surface area contributed by atoms with E-state index in [1.807, 2.05) is 6.92 Å². The van der Waals surface area contributed by atoms with Crippen molar-refractivity contribution in [2.75, 3.05) is 25.5 Å². The number of ether oxygens (including phenoxy) is 1. The first-order valence-electron chi connectivity index (χ1n) is 6.32. The van der Waals surface area contributed by atoms with Gasteiger partial charge in [0.2, 0.25) is 10.0 Å². The largest absolute Gasteiger partial charge is 0.381 e. The van der Waals surface area contributed by atoms with Gasteiger partial charge in [0.1, 0.15) is 0 Å². The van der Waals surface area contributed by atoms with Crippen LogP contribution < -0.4 is 10.0 Å². The molecule has 6 heteroatoms. The molecule has 17 heavy (non-hydrogen) atoms. The maximum atomic E-state index is 11.9. The topological polar surface area (TPSA) is 67.4 Å². The molecule has 2 N–H and O–H groups in total. The molecule has 1 saturated heterocycles. The number of hydrogen-bond acceptors (Lipinski definition) is 4. The highest BCUT2D eigenvalue weighted by atomic mass is 32.2. The first-order chi connectivity index (χ1) is 7.99. The summed E-state index contributed by atoms with van der Waals surface area (Å²) in [7, 11) is -3.18. The minimum atomic E-state index is -3.18. The molecule has 0 aromatic carbocycles. The van der Waals surface area contributed by atoms with E-state index in [0.717, 1.165) is 12.8 Å². The quantitative estimate of drug-likeness (QED) is 0.719. The van der Waals surface area contributed by atoms with E-state index in [-0.39, 0.29) is 11.3 Å². The molecule has 0 aromatic rings. The van der Waals surface area contributed by atoms with Gasteiger partial charge in [0.25, 0.3) is 0 Å². The molecule has 0 bridgehead atoms. The third-order valence-corrected chi connectivity index (χ3v) is 4.92. The van der Waals surface area contributed by atoms with Crippen LogP contribution in [0.2, 0.25) is 0 Å². The molecular weight excluding hydrogens is 240 g/mol. The fourth-order valence-corrected chi connectivity index (χ4v) is 3.48. The number of hydrogen-bond donors (Lipinski definition) is 2. The maximum Gasteiger partial charge on any atom is 0.213 e. The Balaban J connectivity index is 1.77. The Morgan fingerprint density at radius 3 is 2.53 bits per heavy atom. The van der Waals surface area contributed by atoms with Gasteiger partial charge in [-0.25, -0.2) is 13.1 Å². The molecular formula is C11H22N2O3S. The van der Waals surface area contributed by atoms with Crippen LogP contribution in [0.1, 0.15) is 32.6 Å². The lowest BCUT2D eigenvalue weighted by Gasteiger charge is -2.34. The van der Waals surface area contributed by atoms with Crippen LogP contribution >= 0.6 is 0 Å². The van der Waals surface area contributed by atoms with E-state index in [4.69, 9.17) is 4.74 Å². The zero-order chi connectivity index (χ0) is 12.4. The van der Waals surface area contributed by atoms with E-state index in [1.165, 1.54) is 12.8 Å². The Morgan fingerprint density at radius 2 is 1.94 bits per heavy atom. The summed E-state index contributed by atoms with van der Waals surface area (Å²) >= 11 is 0. The van der Waals surface area contributed by atoms with Gasteiger partial charge >= 0.3 is 0 Å². The van der Waals surface area contributed by atoms with Gasteiger partial charge in [-0.05, 0) is 32.6 Å². The highest BCUT2D eigenvalue weighted by Gasteiger charge is 2.31. The highest BCUT2D eigenvalue weighted by molar-refractivity contribution is 7.89. The van der Waals surface area contributed by atoms with E-state index in [2.05, 4.69) is 10.0 Å². The van der Waals surface area contributed by atoms with Gasteiger partial charge in [0, 0.05) is 31.3 Å². The van der Waals surface area contributed by atoms with E-state index >= 15 is 0 Å². The van der Waals surface area contributed by atoms with Crippen molar-refractivity contribution in [2.45, 2.75) is 44.2 Å². The summed E-state index contributed by atoms with van der Waals surface area (Å²) in [6, 6.07) is 0.559. The van der Waals surface area contributed by atoms with E-state index in [0.29, 0.717) is 25.8 Å². The molecule has 0 unspecified atom stereocenters. The molecule has 1 aliphatic carbocycles. The van der Waals surface area contributed by atoms with Gasteiger partial charge < -0.3 is 10.1 Å². The monoisotopic (exact) mass is 262 g/mol. The summed E-state index contributed by atoms with van der Waals surface area (Å²) in [5, 5.41) is 3.22. The third-order valence-electron chi connectivity index (χ3n) is 3.38. The fourth-order valence-electron chi connectivity index (χ4n) is 2.04. The summed E-state index contributed by atoms with van der Waals surface area (Å²) in [5.41, 5.74) is -0.323. The summed E-state index contributed by atoms with van der Waals surface area (Å²) in [4.78, 5) is 0. The summed E-state index contributed by atoms with van der Waals surface area (Å²) in [5.74, 6) is 0.167. The normalized spacial score (nSPS) is 24.8. The fraction of sp³-hybridized carbons (Fsp3) is 1.00. The number of nitrogens with one attached hydrogen (secondary N) is 2. The summed E-state index contributed by atoms with van der Waals surface area (Å²) in [6.45, 7) is 3.78. The van der Waals surface area contributed by atoms with Gasteiger partial charge in [0.15, 0.2) is 0 Å². The van der Waals surface area contributed by atoms with Crippen molar-refractivity contribution in [1.82, 2.24) is 10.0 Å². The van der Waals surface area contributed by atoms with Crippen molar-refractivity contribution < 1.29 is 13.2 Å². The van der Waals surface area contributed by atoms with Crippen molar-refractivity contribution in [1.29, 1.82) is 0 Å². The number of rotatable bonds is 6. The van der Waals surface area contributed by atoms with Crippen LogP contribution in [-0.2, 0) is 14.8 Å². The maximum absolute atomic E-state index is 11.9. The predicted molar refractivity (Wildman–Crippen MR) is 66.4 cm³/mol. The minimum absolute atomic E-state index is 0.167. The third kappa shape index (κ3) is 4.54. The highest BCUT2D eigenvalue weighted by Crippen LogP contribution is 2.21. The molecule has 0 spiro atoms. The Bertz CT molecular complexity index is 346. The van der Waals surface area contributed by atoms with E-state index < -0.39 is 10.0 Å². The molecule has 1 saturated carbocycles. The van der Waals surface area contributed by atoms with Crippen molar-refractivity contribution in [3.05, 3.63) is 0 Å². The van der Waals surface area contributed by atoms with Crippen molar-refractivity contribution in [3.8, 4) is 0 Å².